The second kappa shape index (κ2) is 7.40. The molecule has 0 radical (unpaired) electrons. The summed E-state index contributed by atoms with van der Waals surface area (Å²) >= 11 is 3.19. The molecule has 23 heavy (non-hydrogen) atoms. The highest BCUT2D eigenvalue weighted by Gasteiger charge is 2.11. The van der Waals surface area contributed by atoms with Crippen LogP contribution in [0.1, 0.15) is 18.1 Å². The summed E-state index contributed by atoms with van der Waals surface area (Å²) in [5.41, 5.74) is 3.84. The molecule has 0 fully saturated rings. The average molecular weight is 337 g/mol. The van der Waals surface area contributed by atoms with Gasteiger partial charge in [-0.15, -0.1) is 11.3 Å². The van der Waals surface area contributed by atoms with Crippen LogP contribution >= 0.6 is 23.1 Å². The molecule has 0 aliphatic carbocycles. The second-order valence-corrected chi connectivity index (χ2v) is 6.83. The first kappa shape index (κ1) is 15.7. The van der Waals surface area contributed by atoms with E-state index in [0.717, 1.165) is 22.7 Å². The van der Waals surface area contributed by atoms with Gasteiger partial charge in [-0.05, 0) is 29.0 Å². The molecule has 2 heterocycles. The topological polar surface area (TPSA) is 30.1 Å². The van der Waals surface area contributed by atoms with Crippen LogP contribution in [0.3, 0.4) is 0 Å². The average Bonchev–Trinajstić information content (AvgIpc) is 3.14. The Bertz CT molecular complexity index is 836. The molecule has 0 atom stereocenters. The van der Waals surface area contributed by atoms with Crippen molar-refractivity contribution in [3.63, 3.8) is 0 Å². The number of benzene rings is 1. The third-order valence-electron chi connectivity index (χ3n) is 3.39. The first-order valence-electron chi connectivity index (χ1n) is 7.29. The molecule has 0 saturated heterocycles. The van der Waals surface area contributed by atoms with Gasteiger partial charge in [0.1, 0.15) is 0 Å². The number of thioether (sulfide) groups is 1. The highest BCUT2D eigenvalue weighted by molar-refractivity contribution is 7.98. The molecule has 0 N–H and O–H groups in total. The standard InChI is InChI=1S/C18H15N3S2/c1-3-13-6-4-7-14(10-13)12-23-18-20-11-15(19-2)17(21-18)16-8-5-9-22-16/h4-11H,3,12H2,1H3. The van der Waals surface area contributed by atoms with Crippen molar-refractivity contribution in [3.05, 3.63) is 70.5 Å². The van der Waals surface area contributed by atoms with Crippen LogP contribution in [0, 0.1) is 6.57 Å². The first-order valence-corrected chi connectivity index (χ1v) is 9.15. The third-order valence-corrected chi connectivity index (χ3v) is 5.20. The lowest BCUT2D eigenvalue weighted by Gasteiger charge is -2.05. The van der Waals surface area contributed by atoms with E-state index in [1.165, 1.54) is 11.1 Å². The summed E-state index contributed by atoms with van der Waals surface area (Å²) in [6.45, 7) is 9.44. The van der Waals surface area contributed by atoms with E-state index in [9.17, 15) is 0 Å². The van der Waals surface area contributed by atoms with E-state index in [1.54, 1.807) is 29.3 Å². The molecule has 3 aromatic rings. The summed E-state index contributed by atoms with van der Waals surface area (Å²) in [7, 11) is 0. The molecule has 0 saturated carbocycles. The fourth-order valence-electron chi connectivity index (χ4n) is 2.19. The predicted octanol–water partition coefficient (Wildman–Crippen LogP) is 5.61. The molecule has 3 rings (SSSR count). The van der Waals surface area contributed by atoms with Crippen LogP contribution in [-0.2, 0) is 12.2 Å². The highest BCUT2D eigenvalue weighted by Crippen LogP contribution is 2.33. The first-order chi connectivity index (χ1) is 11.3. The van der Waals surface area contributed by atoms with Gasteiger partial charge < -0.3 is 0 Å². The van der Waals surface area contributed by atoms with E-state index >= 15 is 0 Å². The van der Waals surface area contributed by atoms with E-state index < -0.39 is 0 Å². The van der Waals surface area contributed by atoms with Crippen LogP contribution < -0.4 is 0 Å². The molecule has 0 unspecified atom stereocenters. The number of aromatic nitrogens is 2. The second-order valence-electron chi connectivity index (χ2n) is 4.94. The van der Waals surface area contributed by atoms with Gasteiger partial charge in [-0.25, -0.2) is 14.8 Å². The minimum atomic E-state index is 0.504. The van der Waals surface area contributed by atoms with E-state index in [-0.39, 0.29) is 0 Å². The molecule has 114 valence electrons. The van der Waals surface area contributed by atoms with Crippen LogP contribution in [0.5, 0.6) is 0 Å². The SMILES string of the molecule is [C-]#[N+]c1cnc(SCc2cccc(CC)c2)nc1-c1cccs1. The van der Waals surface area contributed by atoms with E-state index in [4.69, 9.17) is 6.57 Å². The Morgan fingerprint density at radius 2 is 2.09 bits per heavy atom. The van der Waals surface area contributed by atoms with Crippen molar-refractivity contribution in [1.29, 1.82) is 0 Å². The van der Waals surface area contributed by atoms with E-state index in [0.29, 0.717) is 10.8 Å². The molecule has 5 heteroatoms. The molecule has 0 aliphatic rings. The van der Waals surface area contributed by atoms with Gasteiger partial charge in [0.15, 0.2) is 5.16 Å². The fraction of sp³-hybridized carbons (Fsp3) is 0.167. The monoisotopic (exact) mass is 337 g/mol. The van der Waals surface area contributed by atoms with Crippen LogP contribution in [-0.4, -0.2) is 9.97 Å². The summed E-state index contributed by atoms with van der Waals surface area (Å²) in [6, 6.07) is 12.5. The third kappa shape index (κ3) is 3.79. The van der Waals surface area contributed by atoms with Crippen molar-refractivity contribution < 1.29 is 0 Å². The Morgan fingerprint density at radius 3 is 2.83 bits per heavy atom. The lowest BCUT2D eigenvalue weighted by Crippen LogP contribution is -1.91. The Hall–Kier alpha value is -2.16. The molecule has 1 aromatic carbocycles. The summed E-state index contributed by atoms with van der Waals surface area (Å²) in [5, 5.41) is 2.71. The lowest BCUT2D eigenvalue weighted by molar-refractivity contribution is 0.979. The Morgan fingerprint density at radius 1 is 1.22 bits per heavy atom. The molecule has 0 spiro atoms. The maximum atomic E-state index is 7.28. The predicted molar refractivity (Wildman–Crippen MR) is 97.0 cm³/mol. The van der Waals surface area contributed by atoms with Crippen LogP contribution in [0.25, 0.3) is 15.4 Å². The van der Waals surface area contributed by atoms with Crippen LogP contribution in [0.2, 0.25) is 0 Å². The molecule has 0 aliphatic heterocycles. The minimum absolute atomic E-state index is 0.504. The highest BCUT2D eigenvalue weighted by atomic mass is 32.2. The zero-order valence-corrected chi connectivity index (χ0v) is 14.3. The normalized spacial score (nSPS) is 10.4. The smallest absolute Gasteiger partial charge is 0.231 e. The van der Waals surface area contributed by atoms with Crippen LogP contribution in [0.15, 0.2) is 53.1 Å². The number of thiophene rings is 1. The van der Waals surface area contributed by atoms with Crippen molar-refractivity contribution in [3.8, 4) is 10.6 Å². The minimum Gasteiger partial charge on any atom is -0.243 e. The maximum Gasteiger partial charge on any atom is 0.231 e. The zero-order valence-electron chi connectivity index (χ0n) is 12.7. The fourth-order valence-corrected chi connectivity index (χ4v) is 3.67. The number of hydrogen-bond donors (Lipinski definition) is 0. The number of rotatable bonds is 5. The van der Waals surface area contributed by atoms with Crippen molar-refractivity contribution in [2.24, 2.45) is 0 Å². The molecule has 0 bridgehead atoms. The van der Waals surface area contributed by atoms with Gasteiger partial charge in [0.2, 0.25) is 5.69 Å². The van der Waals surface area contributed by atoms with E-state index in [1.807, 2.05) is 17.5 Å². The summed E-state index contributed by atoms with van der Waals surface area (Å²) < 4.78 is 0. The maximum absolute atomic E-state index is 7.28. The quantitative estimate of drug-likeness (QED) is 0.344. The van der Waals surface area contributed by atoms with Gasteiger partial charge in [0.25, 0.3) is 0 Å². The lowest BCUT2D eigenvalue weighted by atomic mass is 10.1. The van der Waals surface area contributed by atoms with Gasteiger partial charge in [-0.2, -0.15) is 0 Å². The number of hydrogen-bond acceptors (Lipinski definition) is 4. The van der Waals surface area contributed by atoms with Gasteiger partial charge in [-0.3, -0.25) is 0 Å². The molecule has 2 aromatic heterocycles. The molecular weight excluding hydrogens is 322 g/mol. The molecule has 3 nitrogen and oxygen atoms in total. The van der Waals surface area contributed by atoms with Crippen molar-refractivity contribution in [1.82, 2.24) is 9.97 Å². The summed E-state index contributed by atoms with van der Waals surface area (Å²) in [6.07, 6.45) is 2.66. The zero-order chi connectivity index (χ0) is 16.1. The van der Waals surface area contributed by atoms with Gasteiger partial charge >= 0.3 is 0 Å². The van der Waals surface area contributed by atoms with E-state index in [2.05, 4.69) is 46.0 Å². The largest absolute Gasteiger partial charge is 0.243 e. The van der Waals surface area contributed by atoms with Crippen molar-refractivity contribution in [2.45, 2.75) is 24.3 Å². The Kier molecular flexibility index (Phi) is 5.06. The van der Waals surface area contributed by atoms with Crippen molar-refractivity contribution >= 4 is 28.8 Å². The Balaban J connectivity index is 1.81. The van der Waals surface area contributed by atoms with Gasteiger partial charge in [0.05, 0.1) is 12.3 Å². The summed E-state index contributed by atoms with van der Waals surface area (Å²) in [4.78, 5) is 13.5. The van der Waals surface area contributed by atoms with Gasteiger partial charge in [-0.1, -0.05) is 49.0 Å². The number of nitrogens with zero attached hydrogens (tertiary/aromatic N) is 3. The number of aryl methyl sites for hydroxylation is 1. The molecule has 0 amide bonds. The van der Waals surface area contributed by atoms with Crippen LogP contribution in [0.4, 0.5) is 5.69 Å². The van der Waals surface area contributed by atoms with Crippen molar-refractivity contribution in [2.75, 3.05) is 0 Å². The summed E-state index contributed by atoms with van der Waals surface area (Å²) in [5.74, 6) is 0.828. The molecular formula is C18H15N3S2. The Labute approximate surface area is 144 Å². The van der Waals surface area contributed by atoms with Gasteiger partial charge in [0, 0.05) is 16.8 Å².